The molecule has 4 nitrogen and oxygen atoms in total. The van der Waals surface area contributed by atoms with E-state index in [0.29, 0.717) is 0 Å². The highest BCUT2D eigenvalue weighted by Crippen LogP contribution is 2.21. The first-order valence-corrected chi connectivity index (χ1v) is 8.87. The zero-order valence-corrected chi connectivity index (χ0v) is 15.2. The van der Waals surface area contributed by atoms with Crippen molar-refractivity contribution in [1.82, 2.24) is 0 Å². The Hall–Kier alpha value is -1.86. The fraction of sp³-hybridized carbons (Fsp3) is 0.176. The van der Waals surface area contributed by atoms with Crippen molar-refractivity contribution in [3.05, 3.63) is 58.8 Å². The Kier molecular flexibility index (Phi) is 6.81. The minimum atomic E-state index is -1.01. The molecule has 0 bridgehead atoms. The Morgan fingerprint density at radius 3 is 2.54 bits per heavy atom. The molecular formula is C17H15BrFNO3S. The quantitative estimate of drug-likeness (QED) is 0.570. The van der Waals surface area contributed by atoms with Crippen LogP contribution in [0.5, 0.6) is 0 Å². The maximum absolute atomic E-state index is 13.5. The van der Waals surface area contributed by atoms with Crippen LogP contribution in [0.2, 0.25) is 0 Å². The van der Waals surface area contributed by atoms with Gasteiger partial charge in [-0.2, -0.15) is 0 Å². The fourth-order valence-electron chi connectivity index (χ4n) is 1.75. The number of para-hydroxylation sites is 1. The zero-order valence-electron chi connectivity index (χ0n) is 12.8. The Bertz CT molecular complexity index is 724. The first-order valence-electron chi connectivity index (χ1n) is 7.09. The summed E-state index contributed by atoms with van der Waals surface area (Å²) in [4.78, 5) is 24.7. The summed E-state index contributed by atoms with van der Waals surface area (Å²) >= 11 is 4.64. The van der Waals surface area contributed by atoms with E-state index in [-0.39, 0.29) is 11.4 Å². The van der Waals surface area contributed by atoms with E-state index in [9.17, 15) is 14.0 Å². The number of rotatable bonds is 6. The average molecular weight is 412 g/mol. The normalized spacial score (nSPS) is 11.6. The third-order valence-electron chi connectivity index (χ3n) is 2.98. The minimum Gasteiger partial charge on any atom is -0.452 e. The molecule has 1 N–H and O–H groups in total. The standard InChI is InChI=1S/C17H15BrFNO3S/c1-11(17(22)20-15-5-3-2-4-14(15)19)23-16(21)10-24-13-8-6-12(18)7-9-13/h2-9,11H,10H2,1H3,(H,20,22)/t11-/m0/s1. The van der Waals surface area contributed by atoms with Crippen molar-refractivity contribution in [3.8, 4) is 0 Å². The van der Waals surface area contributed by atoms with Crippen LogP contribution in [-0.4, -0.2) is 23.7 Å². The molecule has 126 valence electrons. The van der Waals surface area contributed by atoms with E-state index in [1.54, 1.807) is 6.07 Å². The van der Waals surface area contributed by atoms with Crippen molar-refractivity contribution in [1.29, 1.82) is 0 Å². The topological polar surface area (TPSA) is 55.4 Å². The molecule has 0 aromatic heterocycles. The molecule has 24 heavy (non-hydrogen) atoms. The molecule has 0 spiro atoms. The maximum Gasteiger partial charge on any atom is 0.317 e. The van der Waals surface area contributed by atoms with E-state index < -0.39 is 23.8 Å². The lowest BCUT2D eigenvalue weighted by Crippen LogP contribution is -2.30. The first-order chi connectivity index (χ1) is 11.5. The van der Waals surface area contributed by atoms with Gasteiger partial charge in [0.1, 0.15) is 5.82 Å². The third kappa shape index (κ3) is 5.65. The predicted molar refractivity (Wildman–Crippen MR) is 95.4 cm³/mol. The smallest absolute Gasteiger partial charge is 0.317 e. The number of carbonyl (C=O) groups excluding carboxylic acids is 2. The van der Waals surface area contributed by atoms with Gasteiger partial charge in [-0.15, -0.1) is 11.8 Å². The van der Waals surface area contributed by atoms with E-state index in [0.717, 1.165) is 9.37 Å². The predicted octanol–water partition coefficient (Wildman–Crippen LogP) is 4.25. The molecule has 0 aliphatic heterocycles. The van der Waals surface area contributed by atoms with Gasteiger partial charge in [-0.25, -0.2) is 4.39 Å². The second-order valence-corrected chi connectivity index (χ2v) is 6.81. The molecule has 7 heteroatoms. The Morgan fingerprint density at radius 1 is 1.21 bits per heavy atom. The summed E-state index contributed by atoms with van der Waals surface area (Å²) in [6.45, 7) is 1.44. The summed E-state index contributed by atoms with van der Waals surface area (Å²) < 4.78 is 19.5. The van der Waals surface area contributed by atoms with Crippen LogP contribution in [0, 0.1) is 5.82 Å². The third-order valence-corrected chi connectivity index (χ3v) is 4.49. The summed E-state index contributed by atoms with van der Waals surface area (Å²) in [5, 5.41) is 2.39. The highest BCUT2D eigenvalue weighted by Gasteiger charge is 2.19. The van der Waals surface area contributed by atoms with Gasteiger partial charge in [0.15, 0.2) is 6.10 Å². The molecule has 0 heterocycles. The molecule has 2 aromatic carbocycles. The molecule has 1 atom stereocenters. The molecule has 2 aromatic rings. The highest BCUT2D eigenvalue weighted by molar-refractivity contribution is 9.10. The van der Waals surface area contributed by atoms with E-state index in [1.165, 1.54) is 36.9 Å². The number of hydrogen-bond acceptors (Lipinski definition) is 4. The number of amides is 1. The Balaban J connectivity index is 1.81. The van der Waals surface area contributed by atoms with Crippen molar-refractivity contribution in [2.45, 2.75) is 17.9 Å². The van der Waals surface area contributed by atoms with Crippen molar-refractivity contribution >= 4 is 45.3 Å². The molecule has 0 aliphatic carbocycles. The van der Waals surface area contributed by atoms with Gasteiger partial charge in [-0.1, -0.05) is 28.1 Å². The molecule has 0 saturated heterocycles. The number of hydrogen-bond donors (Lipinski definition) is 1. The van der Waals surface area contributed by atoms with Gasteiger partial charge >= 0.3 is 5.97 Å². The van der Waals surface area contributed by atoms with Gasteiger partial charge < -0.3 is 10.1 Å². The SMILES string of the molecule is C[C@H](OC(=O)CSc1ccc(Br)cc1)C(=O)Nc1ccccc1F. The summed E-state index contributed by atoms with van der Waals surface area (Å²) in [5.41, 5.74) is 0.0506. The van der Waals surface area contributed by atoms with Gasteiger partial charge in [0.2, 0.25) is 0 Å². The Morgan fingerprint density at radius 2 is 1.88 bits per heavy atom. The number of ether oxygens (including phenoxy) is 1. The van der Waals surface area contributed by atoms with Gasteiger partial charge in [-0.3, -0.25) is 9.59 Å². The van der Waals surface area contributed by atoms with Crippen molar-refractivity contribution < 1.29 is 18.7 Å². The number of nitrogens with one attached hydrogen (secondary N) is 1. The first kappa shape index (κ1) is 18.5. The molecule has 0 saturated carbocycles. The summed E-state index contributed by atoms with van der Waals surface area (Å²) in [7, 11) is 0. The average Bonchev–Trinajstić information content (AvgIpc) is 2.56. The van der Waals surface area contributed by atoms with Gasteiger partial charge in [0.25, 0.3) is 5.91 Å². The summed E-state index contributed by atoms with van der Waals surface area (Å²) in [5.74, 6) is -1.56. The number of halogens is 2. The van der Waals surface area contributed by atoms with Crippen LogP contribution >= 0.6 is 27.7 Å². The summed E-state index contributed by atoms with van der Waals surface area (Å²) in [6, 6.07) is 13.3. The van der Waals surface area contributed by atoms with Gasteiger partial charge in [0.05, 0.1) is 11.4 Å². The second kappa shape index (κ2) is 8.84. The number of anilines is 1. The van der Waals surface area contributed by atoms with Gasteiger partial charge in [0, 0.05) is 9.37 Å². The molecule has 2 rings (SSSR count). The van der Waals surface area contributed by atoms with E-state index in [4.69, 9.17) is 4.74 Å². The van der Waals surface area contributed by atoms with E-state index >= 15 is 0 Å². The second-order valence-electron chi connectivity index (χ2n) is 4.84. The van der Waals surface area contributed by atoms with Crippen LogP contribution in [0.4, 0.5) is 10.1 Å². The molecule has 0 unspecified atom stereocenters. The van der Waals surface area contributed by atoms with Crippen molar-refractivity contribution in [3.63, 3.8) is 0 Å². The largest absolute Gasteiger partial charge is 0.452 e. The van der Waals surface area contributed by atoms with Gasteiger partial charge in [-0.05, 0) is 43.3 Å². The monoisotopic (exact) mass is 411 g/mol. The minimum absolute atomic E-state index is 0.0506. The van der Waals surface area contributed by atoms with E-state index in [1.807, 2.05) is 24.3 Å². The summed E-state index contributed by atoms with van der Waals surface area (Å²) in [6.07, 6.45) is -1.01. The molecule has 0 fully saturated rings. The van der Waals surface area contributed by atoms with Crippen LogP contribution in [0.3, 0.4) is 0 Å². The highest BCUT2D eigenvalue weighted by atomic mass is 79.9. The lowest BCUT2D eigenvalue weighted by Gasteiger charge is -2.13. The lowest BCUT2D eigenvalue weighted by atomic mass is 10.3. The van der Waals surface area contributed by atoms with Crippen LogP contribution in [0.15, 0.2) is 57.9 Å². The Labute approximate surface area is 151 Å². The maximum atomic E-state index is 13.5. The van der Waals surface area contributed by atoms with Crippen molar-refractivity contribution in [2.24, 2.45) is 0 Å². The molecular weight excluding hydrogens is 397 g/mol. The van der Waals surface area contributed by atoms with Crippen LogP contribution < -0.4 is 5.32 Å². The number of esters is 1. The zero-order chi connectivity index (χ0) is 17.5. The van der Waals surface area contributed by atoms with Crippen LogP contribution in [0.25, 0.3) is 0 Å². The van der Waals surface area contributed by atoms with Crippen LogP contribution in [-0.2, 0) is 14.3 Å². The number of benzene rings is 2. The molecule has 1 amide bonds. The lowest BCUT2D eigenvalue weighted by molar-refractivity contribution is -0.150. The van der Waals surface area contributed by atoms with Crippen molar-refractivity contribution in [2.75, 3.05) is 11.1 Å². The fourth-order valence-corrected chi connectivity index (χ4v) is 2.70. The number of thioether (sulfide) groups is 1. The molecule has 0 radical (unpaired) electrons. The van der Waals surface area contributed by atoms with Crippen LogP contribution in [0.1, 0.15) is 6.92 Å². The molecule has 0 aliphatic rings. The van der Waals surface area contributed by atoms with E-state index in [2.05, 4.69) is 21.2 Å². The number of carbonyl (C=O) groups is 2.